The molecule has 0 atom stereocenters. The van der Waals surface area contributed by atoms with Gasteiger partial charge in [0.25, 0.3) is 5.89 Å². The Morgan fingerprint density at radius 1 is 1.13 bits per heavy atom. The predicted octanol–water partition coefficient (Wildman–Crippen LogP) is 2.84. The van der Waals surface area contributed by atoms with Gasteiger partial charge in [-0.25, -0.2) is 0 Å². The quantitative estimate of drug-likeness (QED) is 0.511. The van der Waals surface area contributed by atoms with Gasteiger partial charge in [-0.2, -0.15) is 10.2 Å². The fraction of sp³-hybridized carbons (Fsp3) is 0.238. The van der Waals surface area contributed by atoms with Crippen molar-refractivity contribution in [3.05, 3.63) is 54.0 Å². The summed E-state index contributed by atoms with van der Waals surface area (Å²) in [7, 11) is 0. The first-order valence-electron chi connectivity index (χ1n) is 9.54. The van der Waals surface area contributed by atoms with Gasteiger partial charge in [-0.15, -0.1) is 0 Å². The van der Waals surface area contributed by atoms with Crippen LogP contribution in [0.3, 0.4) is 0 Å². The van der Waals surface area contributed by atoms with Crippen LogP contribution >= 0.6 is 0 Å². The van der Waals surface area contributed by atoms with Gasteiger partial charge >= 0.3 is 0 Å². The first-order chi connectivity index (χ1) is 14.7. The van der Waals surface area contributed by atoms with Gasteiger partial charge in [0, 0.05) is 31.6 Å². The molecule has 9 nitrogen and oxygen atoms in total. The Morgan fingerprint density at radius 2 is 1.97 bits per heavy atom. The smallest absolute Gasteiger partial charge is 0.266 e. The molecule has 1 amide bonds. The Hall–Kier alpha value is -4.06. The Bertz CT molecular complexity index is 1230. The number of hydrogen-bond donors (Lipinski definition) is 0. The van der Waals surface area contributed by atoms with E-state index < -0.39 is 0 Å². The molecule has 0 bridgehead atoms. The molecule has 4 heterocycles. The monoisotopic (exact) mass is 403 g/mol. The number of anilines is 1. The number of nitriles is 1. The molecule has 9 heteroatoms. The minimum absolute atomic E-state index is 0.0111. The highest BCUT2D eigenvalue weighted by molar-refractivity contribution is 5.86. The highest BCUT2D eigenvalue weighted by Crippen LogP contribution is 2.29. The molecule has 0 N–H and O–H groups in total. The molecule has 4 aromatic rings. The number of fused-ring (bicyclic) bond motifs is 1. The molecule has 1 fully saturated rings. The summed E-state index contributed by atoms with van der Waals surface area (Å²) in [6, 6.07) is 13.0. The van der Waals surface area contributed by atoms with E-state index in [4.69, 9.17) is 13.4 Å². The van der Waals surface area contributed by atoms with Crippen molar-refractivity contribution in [2.75, 3.05) is 31.1 Å². The van der Waals surface area contributed by atoms with Crippen LogP contribution in [0.4, 0.5) is 5.88 Å². The number of carbonyl (C=O) groups is 1. The van der Waals surface area contributed by atoms with E-state index in [0.29, 0.717) is 49.1 Å². The summed E-state index contributed by atoms with van der Waals surface area (Å²) in [5.41, 5.74) is 1.52. The van der Waals surface area contributed by atoms with Gasteiger partial charge < -0.3 is 23.2 Å². The molecule has 30 heavy (non-hydrogen) atoms. The zero-order valence-corrected chi connectivity index (χ0v) is 15.9. The maximum Gasteiger partial charge on any atom is 0.266 e. The van der Waals surface area contributed by atoms with Gasteiger partial charge in [0.15, 0.2) is 11.3 Å². The molecule has 5 rings (SSSR count). The normalized spacial score (nSPS) is 14.2. The van der Waals surface area contributed by atoms with Crippen molar-refractivity contribution < 1.29 is 18.2 Å². The van der Waals surface area contributed by atoms with Crippen molar-refractivity contribution in [1.29, 1.82) is 5.26 Å². The van der Waals surface area contributed by atoms with Crippen molar-refractivity contribution in [1.82, 2.24) is 15.0 Å². The van der Waals surface area contributed by atoms with Gasteiger partial charge in [0.05, 0.1) is 12.7 Å². The molecule has 0 aliphatic carbocycles. The van der Waals surface area contributed by atoms with Crippen molar-refractivity contribution >= 4 is 22.8 Å². The Kier molecular flexibility index (Phi) is 4.44. The Balaban J connectivity index is 1.26. The lowest BCUT2D eigenvalue weighted by atomic mass is 10.1. The standard InChI is InChI=1S/C21H17N5O4/c22-13-16-21(29-20(23-16)18-6-3-11-28-18)26-9-7-25(8-10-26)19(27)12-15-14-4-1-2-5-17(14)30-24-15/h1-6,11H,7-10,12H2. The van der Waals surface area contributed by atoms with E-state index >= 15 is 0 Å². The van der Waals surface area contributed by atoms with Crippen LogP contribution in [-0.2, 0) is 11.2 Å². The van der Waals surface area contributed by atoms with Crippen molar-refractivity contribution in [3.8, 4) is 17.7 Å². The van der Waals surface area contributed by atoms with E-state index in [1.165, 1.54) is 6.26 Å². The number of carbonyl (C=O) groups excluding carboxylic acids is 1. The van der Waals surface area contributed by atoms with E-state index in [2.05, 4.69) is 16.2 Å². The Morgan fingerprint density at radius 3 is 2.73 bits per heavy atom. The van der Waals surface area contributed by atoms with Crippen molar-refractivity contribution in [2.24, 2.45) is 0 Å². The fourth-order valence-corrected chi connectivity index (χ4v) is 3.58. The van der Waals surface area contributed by atoms with Gasteiger partial charge in [-0.3, -0.25) is 4.79 Å². The number of aromatic nitrogens is 2. The third-order valence-corrected chi connectivity index (χ3v) is 5.14. The maximum atomic E-state index is 12.8. The molecule has 0 spiro atoms. The van der Waals surface area contributed by atoms with Gasteiger partial charge in [-0.1, -0.05) is 17.3 Å². The maximum absolute atomic E-state index is 12.8. The number of furan rings is 1. The van der Waals surface area contributed by atoms with Crippen LogP contribution in [0, 0.1) is 11.3 Å². The second kappa shape index (κ2) is 7.40. The van der Waals surface area contributed by atoms with Crippen LogP contribution in [0.5, 0.6) is 0 Å². The van der Waals surface area contributed by atoms with E-state index in [-0.39, 0.29) is 23.9 Å². The van der Waals surface area contributed by atoms with Gasteiger partial charge in [0.1, 0.15) is 11.8 Å². The lowest BCUT2D eigenvalue weighted by Gasteiger charge is -2.34. The number of benzene rings is 1. The van der Waals surface area contributed by atoms with Crippen LogP contribution in [-0.4, -0.2) is 47.1 Å². The number of oxazole rings is 1. The second-order valence-electron chi connectivity index (χ2n) is 6.93. The summed E-state index contributed by atoms with van der Waals surface area (Å²) < 4.78 is 16.4. The number of amides is 1. The van der Waals surface area contributed by atoms with Crippen LogP contribution in [0.25, 0.3) is 22.6 Å². The predicted molar refractivity (Wildman–Crippen MR) is 105 cm³/mol. The van der Waals surface area contributed by atoms with Gasteiger partial charge in [0.2, 0.25) is 17.5 Å². The summed E-state index contributed by atoms with van der Waals surface area (Å²) in [6.45, 7) is 2.09. The molecule has 3 aromatic heterocycles. The highest BCUT2D eigenvalue weighted by Gasteiger charge is 2.27. The summed E-state index contributed by atoms with van der Waals surface area (Å²) in [5.74, 6) is 1.12. The van der Waals surface area contributed by atoms with Crippen LogP contribution in [0.2, 0.25) is 0 Å². The number of para-hydroxylation sites is 1. The zero-order valence-electron chi connectivity index (χ0n) is 15.9. The second-order valence-corrected chi connectivity index (χ2v) is 6.93. The molecular formula is C21H17N5O4. The van der Waals surface area contributed by atoms with Gasteiger partial charge in [-0.05, 0) is 24.3 Å². The molecule has 1 saturated heterocycles. The molecule has 150 valence electrons. The van der Waals surface area contributed by atoms with Crippen LogP contribution in [0.1, 0.15) is 11.4 Å². The van der Waals surface area contributed by atoms with E-state index in [1.54, 1.807) is 17.0 Å². The molecule has 1 aliphatic rings. The average molecular weight is 403 g/mol. The molecular weight excluding hydrogens is 386 g/mol. The summed E-state index contributed by atoms with van der Waals surface area (Å²) in [4.78, 5) is 20.7. The number of piperazine rings is 1. The van der Waals surface area contributed by atoms with E-state index in [1.807, 2.05) is 29.2 Å². The van der Waals surface area contributed by atoms with Crippen molar-refractivity contribution in [2.45, 2.75) is 6.42 Å². The SMILES string of the molecule is N#Cc1nc(-c2ccco2)oc1N1CCN(C(=O)Cc2noc3ccccc23)CC1. The highest BCUT2D eigenvalue weighted by atomic mass is 16.5. The molecule has 0 radical (unpaired) electrons. The molecule has 0 unspecified atom stereocenters. The summed E-state index contributed by atoms with van der Waals surface area (Å²) in [5, 5.41) is 14.3. The zero-order chi connectivity index (χ0) is 20.5. The average Bonchev–Trinajstić information content (AvgIpc) is 3.53. The van der Waals surface area contributed by atoms with Crippen molar-refractivity contribution in [3.63, 3.8) is 0 Å². The van der Waals surface area contributed by atoms with Crippen LogP contribution < -0.4 is 4.90 Å². The summed E-state index contributed by atoms with van der Waals surface area (Å²) in [6.07, 6.45) is 1.71. The largest absolute Gasteiger partial charge is 0.459 e. The third kappa shape index (κ3) is 3.18. The Labute approximate surface area is 171 Å². The minimum Gasteiger partial charge on any atom is -0.459 e. The molecule has 1 aliphatic heterocycles. The lowest BCUT2D eigenvalue weighted by Crippen LogP contribution is -2.49. The summed E-state index contributed by atoms with van der Waals surface area (Å²) >= 11 is 0. The number of rotatable bonds is 4. The third-order valence-electron chi connectivity index (χ3n) is 5.14. The first kappa shape index (κ1) is 18.0. The molecule has 1 aromatic carbocycles. The molecule has 0 saturated carbocycles. The van der Waals surface area contributed by atoms with E-state index in [9.17, 15) is 10.1 Å². The number of nitrogens with zero attached hydrogens (tertiary/aromatic N) is 5. The fourth-order valence-electron chi connectivity index (χ4n) is 3.58. The van der Waals surface area contributed by atoms with Crippen LogP contribution in [0.15, 0.2) is 56.0 Å². The lowest BCUT2D eigenvalue weighted by molar-refractivity contribution is -0.130. The minimum atomic E-state index is -0.0111. The first-order valence-corrected chi connectivity index (χ1v) is 9.54. The number of hydrogen-bond acceptors (Lipinski definition) is 8. The van der Waals surface area contributed by atoms with E-state index in [0.717, 1.165) is 5.39 Å². The topological polar surface area (TPSA) is 113 Å².